The minimum atomic E-state index is -0.446. The highest BCUT2D eigenvalue weighted by molar-refractivity contribution is 7.10. The number of carbonyl (C=O) groups is 1. The molecule has 0 saturated carbocycles. The van der Waals surface area contributed by atoms with Gasteiger partial charge in [0.2, 0.25) is 0 Å². The molecule has 1 saturated heterocycles. The lowest BCUT2D eigenvalue weighted by atomic mass is 9.96. The van der Waals surface area contributed by atoms with Crippen LogP contribution in [0.25, 0.3) is 11.3 Å². The van der Waals surface area contributed by atoms with Gasteiger partial charge in [0.25, 0.3) is 0 Å². The second kappa shape index (κ2) is 8.33. The fourth-order valence-corrected chi connectivity index (χ4v) is 4.94. The van der Waals surface area contributed by atoms with Gasteiger partial charge in [-0.1, -0.05) is 18.2 Å². The van der Waals surface area contributed by atoms with Gasteiger partial charge in [0.15, 0.2) is 5.78 Å². The van der Waals surface area contributed by atoms with Gasteiger partial charge in [-0.05, 0) is 44.0 Å². The fraction of sp³-hybridized carbons (Fsp3) is 0.304. The molecular formula is C23H23FN2O2S. The molecule has 0 spiro atoms. The topological polar surface area (TPSA) is 42.4 Å². The number of methoxy groups -OCH3 is 1. The van der Waals surface area contributed by atoms with Crippen LogP contribution in [0.2, 0.25) is 0 Å². The third-order valence-corrected chi connectivity index (χ3v) is 6.44. The maximum Gasteiger partial charge on any atom is 0.164 e. The lowest BCUT2D eigenvalue weighted by Gasteiger charge is -2.33. The van der Waals surface area contributed by atoms with Crippen LogP contribution < -0.4 is 9.64 Å². The van der Waals surface area contributed by atoms with Gasteiger partial charge in [0, 0.05) is 30.0 Å². The molecule has 0 amide bonds. The number of halogens is 1. The van der Waals surface area contributed by atoms with Crippen LogP contribution in [0.4, 0.5) is 10.1 Å². The third kappa shape index (κ3) is 3.90. The first kappa shape index (κ1) is 19.6. The van der Waals surface area contributed by atoms with Crippen LogP contribution in [0.3, 0.4) is 0 Å². The van der Waals surface area contributed by atoms with Crippen molar-refractivity contribution in [3.8, 4) is 17.0 Å². The molecule has 2 heterocycles. The van der Waals surface area contributed by atoms with Crippen molar-refractivity contribution in [2.75, 3.05) is 25.1 Å². The van der Waals surface area contributed by atoms with E-state index in [2.05, 4.69) is 10.3 Å². The van der Waals surface area contributed by atoms with E-state index < -0.39 is 5.82 Å². The van der Waals surface area contributed by atoms with Gasteiger partial charge in [0.1, 0.15) is 11.6 Å². The zero-order chi connectivity index (χ0) is 20.4. The summed E-state index contributed by atoms with van der Waals surface area (Å²) in [6.07, 6.45) is 1.85. The maximum atomic E-state index is 14.2. The number of anilines is 1. The van der Waals surface area contributed by atoms with Crippen LogP contribution in [0.5, 0.6) is 5.75 Å². The number of carbonyl (C=O) groups excluding carboxylic acids is 1. The molecule has 0 aliphatic carbocycles. The van der Waals surface area contributed by atoms with E-state index in [1.165, 1.54) is 13.0 Å². The highest BCUT2D eigenvalue weighted by atomic mass is 32.1. The van der Waals surface area contributed by atoms with Crippen LogP contribution in [0, 0.1) is 5.82 Å². The zero-order valence-electron chi connectivity index (χ0n) is 16.5. The lowest BCUT2D eigenvalue weighted by molar-refractivity contribution is 0.101. The number of hydrogen-bond donors (Lipinski definition) is 0. The zero-order valence-corrected chi connectivity index (χ0v) is 17.3. The first-order chi connectivity index (χ1) is 14.1. The summed E-state index contributed by atoms with van der Waals surface area (Å²) in [6.45, 7) is 2.97. The Kier molecular flexibility index (Phi) is 5.62. The smallest absolute Gasteiger partial charge is 0.164 e. The predicted octanol–water partition coefficient (Wildman–Crippen LogP) is 5.54. The van der Waals surface area contributed by atoms with Crippen LogP contribution in [-0.4, -0.2) is 31.0 Å². The Labute approximate surface area is 174 Å². The van der Waals surface area contributed by atoms with Crippen molar-refractivity contribution in [1.29, 1.82) is 0 Å². The SMILES string of the molecule is COc1ccccc1-c1csc(C2CCN(c3cccc(F)c3C(C)=O)CC2)n1. The Hall–Kier alpha value is -2.73. The molecule has 6 heteroatoms. The molecular weight excluding hydrogens is 387 g/mol. The molecule has 4 nitrogen and oxygen atoms in total. The summed E-state index contributed by atoms with van der Waals surface area (Å²) in [4.78, 5) is 18.9. The molecule has 3 aromatic rings. The van der Waals surface area contributed by atoms with E-state index in [-0.39, 0.29) is 11.3 Å². The Morgan fingerprint density at radius 3 is 2.66 bits per heavy atom. The molecule has 150 valence electrons. The van der Waals surface area contributed by atoms with Crippen molar-refractivity contribution < 1.29 is 13.9 Å². The van der Waals surface area contributed by atoms with Crippen molar-refractivity contribution in [1.82, 2.24) is 4.98 Å². The van der Waals surface area contributed by atoms with E-state index in [4.69, 9.17) is 9.72 Å². The average molecular weight is 411 g/mol. The van der Waals surface area contributed by atoms with Crippen LogP contribution in [-0.2, 0) is 0 Å². The molecule has 0 N–H and O–H groups in total. The number of nitrogens with zero attached hydrogens (tertiary/aromatic N) is 2. The largest absolute Gasteiger partial charge is 0.496 e. The van der Waals surface area contributed by atoms with Crippen molar-refractivity contribution in [2.24, 2.45) is 0 Å². The maximum absolute atomic E-state index is 14.2. The van der Waals surface area contributed by atoms with E-state index in [1.807, 2.05) is 30.3 Å². The number of para-hydroxylation sites is 1. The summed E-state index contributed by atoms with van der Waals surface area (Å²) in [7, 11) is 1.67. The van der Waals surface area contributed by atoms with Crippen molar-refractivity contribution in [3.63, 3.8) is 0 Å². The van der Waals surface area contributed by atoms with Gasteiger partial charge in [-0.2, -0.15) is 0 Å². The molecule has 1 fully saturated rings. The lowest BCUT2D eigenvalue weighted by Crippen LogP contribution is -2.34. The Morgan fingerprint density at radius 1 is 1.17 bits per heavy atom. The third-order valence-electron chi connectivity index (χ3n) is 5.43. The fourth-order valence-electron chi connectivity index (χ4n) is 3.95. The normalized spacial score (nSPS) is 14.8. The monoisotopic (exact) mass is 410 g/mol. The first-order valence-electron chi connectivity index (χ1n) is 9.71. The van der Waals surface area contributed by atoms with Crippen molar-refractivity contribution in [3.05, 3.63) is 64.2 Å². The molecule has 0 radical (unpaired) electrons. The van der Waals surface area contributed by atoms with Crippen LogP contribution in [0.1, 0.15) is 41.0 Å². The van der Waals surface area contributed by atoms with Gasteiger partial charge in [-0.25, -0.2) is 9.37 Å². The summed E-state index contributed by atoms with van der Waals surface area (Å²) in [5.74, 6) is 0.510. The number of piperidine rings is 1. The summed E-state index contributed by atoms with van der Waals surface area (Å²) in [5.41, 5.74) is 2.83. The summed E-state index contributed by atoms with van der Waals surface area (Å²) >= 11 is 1.68. The number of Topliss-reactive ketones (excluding diaryl/α,β-unsaturated/α-hetero) is 1. The molecule has 0 bridgehead atoms. The Morgan fingerprint density at radius 2 is 1.93 bits per heavy atom. The second-order valence-electron chi connectivity index (χ2n) is 7.22. The number of rotatable bonds is 5. The van der Waals surface area contributed by atoms with Gasteiger partial charge in [-0.15, -0.1) is 11.3 Å². The van der Waals surface area contributed by atoms with Gasteiger partial charge in [-0.3, -0.25) is 4.79 Å². The van der Waals surface area contributed by atoms with Crippen LogP contribution >= 0.6 is 11.3 Å². The predicted molar refractivity (Wildman–Crippen MR) is 115 cm³/mol. The molecule has 1 aromatic heterocycles. The van der Waals surface area contributed by atoms with Gasteiger partial charge < -0.3 is 9.64 Å². The summed E-state index contributed by atoms with van der Waals surface area (Å²) in [5, 5.41) is 3.21. The standard InChI is InChI=1S/C23H23FN2O2S/c1-15(27)22-18(24)7-5-8-20(22)26-12-10-16(11-13-26)23-25-19(14-29-23)17-6-3-4-9-21(17)28-2/h3-9,14,16H,10-13H2,1-2H3. The Balaban J connectivity index is 1.50. The number of aromatic nitrogens is 1. The first-order valence-corrected chi connectivity index (χ1v) is 10.6. The molecule has 29 heavy (non-hydrogen) atoms. The van der Waals surface area contributed by atoms with Crippen molar-refractivity contribution in [2.45, 2.75) is 25.7 Å². The van der Waals surface area contributed by atoms with Crippen molar-refractivity contribution >= 4 is 22.8 Å². The number of thiazole rings is 1. The number of hydrogen-bond acceptors (Lipinski definition) is 5. The van der Waals surface area contributed by atoms with E-state index in [0.29, 0.717) is 11.6 Å². The quantitative estimate of drug-likeness (QED) is 0.518. The average Bonchev–Trinajstić information content (AvgIpc) is 3.23. The molecule has 4 rings (SSSR count). The minimum absolute atomic E-state index is 0.193. The summed E-state index contributed by atoms with van der Waals surface area (Å²) in [6, 6.07) is 12.8. The van der Waals surface area contributed by atoms with Crippen LogP contribution in [0.15, 0.2) is 47.8 Å². The highest BCUT2D eigenvalue weighted by Crippen LogP contribution is 2.37. The summed E-state index contributed by atoms with van der Waals surface area (Å²) < 4.78 is 19.6. The minimum Gasteiger partial charge on any atom is -0.496 e. The second-order valence-corrected chi connectivity index (χ2v) is 8.11. The molecule has 1 aliphatic heterocycles. The van der Waals surface area contributed by atoms with E-state index in [1.54, 1.807) is 24.5 Å². The van der Waals surface area contributed by atoms with Gasteiger partial charge >= 0.3 is 0 Å². The van der Waals surface area contributed by atoms with E-state index in [9.17, 15) is 9.18 Å². The highest BCUT2D eigenvalue weighted by Gasteiger charge is 2.26. The number of benzene rings is 2. The van der Waals surface area contributed by atoms with Gasteiger partial charge in [0.05, 0.1) is 29.1 Å². The van der Waals surface area contributed by atoms with E-state index in [0.717, 1.165) is 47.9 Å². The molecule has 0 unspecified atom stereocenters. The number of ketones is 1. The molecule has 1 aliphatic rings. The number of ether oxygens (including phenoxy) is 1. The molecule has 0 atom stereocenters. The molecule has 2 aromatic carbocycles. The Bertz CT molecular complexity index is 1030. The van der Waals surface area contributed by atoms with E-state index >= 15 is 0 Å².